The highest BCUT2D eigenvalue weighted by molar-refractivity contribution is 6.30. The summed E-state index contributed by atoms with van der Waals surface area (Å²) < 4.78 is 0. The van der Waals surface area contributed by atoms with E-state index in [1.807, 2.05) is 18.2 Å². The summed E-state index contributed by atoms with van der Waals surface area (Å²) in [5.74, 6) is -0.0405. The number of halogens is 1. The van der Waals surface area contributed by atoms with Gasteiger partial charge in [-0.2, -0.15) is 0 Å². The Morgan fingerprint density at radius 1 is 1.58 bits per heavy atom. The minimum Gasteiger partial charge on any atom is -0.348 e. The standard InChI is InChI=1S/C15H21ClN2O/c1-2-3-4-13(17)15(19)18-14-8-5-10-9-11(16)6-7-12(10)14/h6-7,9,13-14H,2-5,8,17H2,1H3,(H,18,19)/t13-,14-/m1/s1. The van der Waals surface area contributed by atoms with Gasteiger partial charge in [0, 0.05) is 5.02 Å². The van der Waals surface area contributed by atoms with Crippen molar-refractivity contribution in [3.05, 3.63) is 34.3 Å². The number of benzene rings is 1. The van der Waals surface area contributed by atoms with Crippen molar-refractivity contribution in [2.24, 2.45) is 5.73 Å². The van der Waals surface area contributed by atoms with Crippen LogP contribution in [0.3, 0.4) is 0 Å². The van der Waals surface area contributed by atoms with Crippen molar-refractivity contribution in [1.82, 2.24) is 5.32 Å². The number of hydrogen-bond acceptors (Lipinski definition) is 2. The molecule has 0 saturated carbocycles. The van der Waals surface area contributed by atoms with Gasteiger partial charge in [0.25, 0.3) is 0 Å². The molecule has 0 bridgehead atoms. The molecular formula is C15H21ClN2O. The summed E-state index contributed by atoms with van der Waals surface area (Å²) in [5.41, 5.74) is 8.31. The topological polar surface area (TPSA) is 55.1 Å². The first-order chi connectivity index (χ1) is 9.11. The van der Waals surface area contributed by atoms with Crippen LogP contribution in [0.2, 0.25) is 5.02 Å². The molecule has 0 radical (unpaired) electrons. The lowest BCUT2D eigenvalue weighted by Crippen LogP contribution is -2.41. The average Bonchev–Trinajstić information content (AvgIpc) is 2.78. The molecular weight excluding hydrogens is 260 g/mol. The average molecular weight is 281 g/mol. The fourth-order valence-corrected chi connectivity index (χ4v) is 2.76. The molecule has 2 atom stereocenters. The Kier molecular flexibility index (Phi) is 4.83. The first-order valence-corrected chi connectivity index (χ1v) is 7.34. The number of aryl methyl sites for hydroxylation is 1. The van der Waals surface area contributed by atoms with E-state index < -0.39 is 6.04 Å². The van der Waals surface area contributed by atoms with Gasteiger partial charge in [-0.1, -0.05) is 37.4 Å². The number of rotatable bonds is 5. The van der Waals surface area contributed by atoms with Crippen LogP contribution in [0.5, 0.6) is 0 Å². The summed E-state index contributed by atoms with van der Waals surface area (Å²) in [4.78, 5) is 12.0. The van der Waals surface area contributed by atoms with E-state index in [0.29, 0.717) is 0 Å². The zero-order chi connectivity index (χ0) is 13.8. The number of nitrogens with two attached hydrogens (primary N) is 1. The first-order valence-electron chi connectivity index (χ1n) is 6.96. The highest BCUT2D eigenvalue weighted by Crippen LogP contribution is 2.32. The summed E-state index contributed by atoms with van der Waals surface area (Å²) in [6.45, 7) is 2.10. The first kappa shape index (κ1) is 14.4. The molecule has 0 unspecified atom stereocenters. The molecule has 0 aliphatic heterocycles. The molecule has 0 fully saturated rings. The fraction of sp³-hybridized carbons (Fsp3) is 0.533. The maximum Gasteiger partial charge on any atom is 0.237 e. The molecule has 1 aliphatic rings. The van der Waals surface area contributed by atoms with Crippen LogP contribution in [-0.2, 0) is 11.2 Å². The zero-order valence-electron chi connectivity index (χ0n) is 11.3. The normalized spacial score (nSPS) is 19.0. The third kappa shape index (κ3) is 3.48. The van der Waals surface area contributed by atoms with Crippen molar-refractivity contribution in [2.75, 3.05) is 0 Å². The van der Waals surface area contributed by atoms with Gasteiger partial charge >= 0.3 is 0 Å². The summed E-state index contributed by atoms with van der Waals surface area (Å²) in [6.07, 6.45) is 4.70. The molecule has 0 aromatic heterocycles. The Morgan fingerprint density at radius 2 is 2.37 bits per heavy atom. The van der Waals surface area contributed by atoms with E-state index in [0.717, 1.165) is 37.1 Å². The van der Waals surface area contributed by atoms with Crippen LogP contribution in [0.15, 0.2) is 18.2 Å². The molecule has 104 valence electrons. The van der Waals surface area contributed by atoms with Crippen LogP contribution in [0.25, 0.3) is 0 Å². The SMILES string of the molecule is CCCC[C@@H](N)C(=O)N[C@@H]1CCc2cc(Cl)ccc21. The van der Waals surface area contributed by atoms with Crippen molar-refractivity contribution in [3.8, 4) is 0 Å². The van der Waals surface area contributed by atoms with E-state index in [1.165, 1.54) is 11.1 Å². The van der Waals surface area contributed by atoms with E-state index in [2.05, 4.69) is 12.2 Å². The van der Waals surface area contributed by atoms with Crippen molar-refractivity contribution in [1.29, 1.82) is 0 Å². The van der Waals surface area contributed by atoms with Crippen LogP contribution in [0.4, 0.5) is 0 Å². The van der Waals surface area contributed by atoms with Crippen molar-refractivity contribution in [2.45, 2.75) is 51.1 Å². The molecule has 1 amide bonds. The van der Waals surface area contributed by atoms with Gasteiger partial charge < -0.3 is 11.1 Å². The third-order valence-electron chi connectivity index (χ3n) is 3.70. The van der Waals surface area contributed by atoms with Gasteiger partial charge in [0.15, 0.2) is 0 Å². The van der Waals surface area contributed by atoms with E-state index >= 15 is 0 Å². The Bertz CT molecular complexity index is 461. The van der Waals surface area contributed by atoms with E-state index in [-0.39, 0.29) is 11.9 Å². The number of carbonyl (C=O) groups excluding carboxylic acids is 1. The Hall–Kier alpha value is -1.06. The van der Waals surface area contributed by atoms with Crippen LogP contribution >= 0.6 is 11.6 Å². The molecule has 4 heteroatoms. The highest BCUT2D eigenvalue weighted by atomic mass is 35.5. The van der Waals surface area contributed by atoms with Crippen LogP contribution < -0.4 is 11.1 Å². The molecule has 19 heavy (non-hydrogen) atoms. The van der Waals surface area contributed by atoms with Gasteiger partial charge in [-0.3, -0.25) is 4.79 Å². The second-order valence-electron chi connectivity index (χ2n) is 5.19. The van der Waals surface area contributed by atoms with Gasteiger partial charge in [0.2, 0.25) is 5.91 Å². The largest absolute Gasteiger partial charge is 0.348 e. The summed E-state index contributed by atoms with van der Waals surface area (Å²) >= 11 is 5.98. The fourth-order valence-electron chi connectivity index (χ4n) is 2.57. The van der Waals surface area contributed by atoms with E-state index in [9.17, 15) is 4.79 Å². The van der Waals surface area contributed by atoms with Gasteiger partial charge in [0.1, 0.15) is 0 Å². The van der Waals surface area contributed by atoms with E-state index in [4.69, 9.17) is 17.3 Å². The third-order valence-corrected chi connectivity index (χ3v) is 3.94. The number of unbranched alkanes of at least 4 members (excludes halogenated alkanes) is 1. The van der Waals surface area contributed by atoms with Crippen molar-refractivity contribution in [3.63, 3.8) is 0 Å². The number of fused-ring (bicyclic) bond motifs is 1. The van der Waals surface area contributed by atoms with Gasteiger partial charge in [-0.25, -0.2) is 0 Å². The quantitative estimate of drug-likeness (QED) is 0.871. The maximum atomic E-state index is 12.0. The van der Waals surface area contributed by atoms with Crippen LogP contribution in [0.1, 0.15) is 49.8 Å². The second kappa shape index (κ2) is 6.40. The maximum absolute atomic E-state index is 12.0. The van der Waals surface area contributed by atoms with Crippen LogP contribution in [0, 0.1) is 0 Å². The number of hydrogen-bond donors (Lipinski definition) is 2. The lowest BCUT2D eigenvalue weighted by Gasteiger charge is -2.17. The summed E-state index contributed by atoms with van der Waals surface area (Å²) in [7, 11) is 0. The second-order valence-corrected chi connectivity index (χ2v) is 5.63. The Morgan fingerprint density at radius 3 is 3.11 bits per heavy atom. The van der Waals surface area contributed by atoms with Crippen molar-refractivity contribution < 1.29 is 4.79 Å². The van der Waals surface area contributed by atoms with Gasteiger partial charge in [-0.05, 0) is 42.5 Å². The van der Waals surface area contributed by atoms with Crippen LogP contribution in [-0.4, -0.2) is 11.9 Å². The summed E-state index contributed by atoms with van der Waals surface area (Å²) in [5, 5.41) is 3.81. The molecule has 1 aromatic rings. The highest BCUT2D eigenvalue weighted by Gasteiger charge is 2.25. The van der Waals surface area contributed by atoms with E-state index in [1.54, 1.807) is 0 Å². The van der Waals surface area contributed by atoms with Gasteiger partial charge in [-0.15, -0.1) is 0 Å². The molecule has 0 saturated heterocycles. The molecule has 3 N–H and O–H groups in total. The predicted molar refractivity (Wildman–Crippen MR) is 78.2 cm³/mol. The number of carbonyl (C=O) groups is 1. The molecule has 1 aromatic carbocycles. The predicted octanol–water partition coefficient (Wildman–Crippen LogP) is 2.96. The lowest BCUT2D eigenvalue weighted by molar-refractivity contribution is -0.123. The van der Waals surface area contributed by atoms with Gasteiger partial charge in [0.05, 0.1) is 12.1 Å². The minimum atomic E-state index is -0.392. The molecule has 0 spiro atoms. The molecule has 1 aliphatic carbocycles. The molecule has 2 rings (SSSR count). The lowest BCUT2D eigenvalue weighted by atomic mass is 10.1. The zero-order valence-corrected chi connectivity index (χ0v) is 12.0. The summed E-state index contributed by atoms with van der Waals surface area (Å²) in [6, 6.07) is 5.57. The monoisotopic (exact) mass is 280 g/mol. The minimum absolute atomic E-state index is 0.0405. The molecule has 3 nitrogen and oxygen atoms in total. The Labute approximate surface area is 119 Å². The smallest absolute Gasteiger partial charge is 0.237 e. The number of nitrogens with one attached hydrogen (secondary N) is 1. The van der Waals surface area contributed by atoms with Crippen molar-refractivity contribution >= 4 is 17.5 Å². The molecule has 0 heterocycles. The Balaban J connectivity index is 1.97. The number of amides is 1.